The van der Waals surface area contributed by atoms with Gasteiger partial charge >= 0.3 is 5.97 Å². The van der Waals surface area contributed by atoms with Crippen LogP contribution in [0.5, 0.6) is 0 Å². The van der Waals surface area contributed by atoms with Gasteiger partial charge in [0, 0.05) is 0 Å². The summed E-state index contributed by atoms with van der Waals surface area (Å²) < 4.78 is 4.77. The Morgan fingerprint density at radius 1 is 1.35 bits per heavy atom. The zero-order valence-corrected chi connectivity index (χ0v) is 9.13. The number of hydrogen-bond donors (Lipinski definition) is 5. The lowest BCUT2D eigenvalue weighted by Gasteiger charge is -2.29. The minimum Gasteiger partial charge on any atom is -0.479 e. The Bertz CT molecular complexity index is 255. The highest BCUT2D eigenvalue weighted by Gasteiger charge is 2.35. The smallest absolute Gasteiger partial charge is 0.332 e. The van der Waals surface area contributed by atoms with E-state index in [0.717, 1.165) is 6.92 Å². The number of aliphatic hydroxyl groups is 4. The molecule has 17 heavy (non-hydrogen) atoms. The third-order valence-electron chi connectivity index (χ3n) is 2.10. The fraction of sp³-hybridized carbons (Fsp3) is 0.778. The summed E-state index contributed by atoms with van der Waals surface area (Å²) in [5, 5.41) is 45.1. The summed E-state index contributed by atoms with van der Waals surface area (Å²) >= 11 is 0. The van der Waals surface area contributed by atoms with Crippen molar-refractivity contribution in [2.75, 3.05) is 6.61 Å². The lowest BCUT2D eigenvalue weighted by atomic mass is 10.0. The van der Waals surface area contributed by atoms with Crippen LogP contribution >= 0.6 is 0 Å². The second-order valence-electron chi connectivity index (χ2n) is 3.45. The van der Waals surface area contributed by atoms with Crippen LogP contribution in [0.4, 0.5) is 0 Å². The zero-order valence-electron chi connectivity index (χ0n) is 9.13. The maximum Gasteiger partial charge on any atom is 0.332 e. The second-order valence-corrected chi connectivity index (χ2v) is 3.45. The van der Waals surface area contributed by atoms with Gasteiger partial charge in [-0.1, -0.05) is 0 Å². The third kappa shape index (κ3) is 4.75. The van der Waals surface area contributed by atoms with E-state index in [2.05, 4.69) is 0 Å². The predicted molar refractivity (Wildman–Crippen MR) is 53.1 cm³/mol. The summed E-state index contributed by atoms with van der Waals surface area (Å²) in [6.07, 6.45) is -8.27. The first kappa shape index (κ1) is 15.9. The van der Waals surface area contributed by atoms with Crippen molar-refractivity contribution in [2.45, 2.75) is 37.4 Å². The topological polar surface area (TPSA) is 145 Å². The molecule has 0 aliphatic carbocycles. The Morgan fingerprint density at radius 3 is 2.24 bits per heavy atom. The average molecular weight is 252 g/mol. The van der Waals surface area contributed by atoms with Gasteiger partial charge in [0.25, 0.3) is 0 Å². The van der Waals surface area contributed by atoms with Crippen molar-refractivity contribution in [2.24, 2.45) is 0 Å². The van der Waals surface area contributed by atoms with Crippen LogP contribution in [0.3, 0.4) is 0 Å². The number of carbonyl (C=O) groups is 2. The maximum absolute atomic E-state index is 10.5. The van der Waals surface area contributed by atoms with Crippen LogP contribution in [0, 0.1) is 0 Å². The fourth-order valence-electron chi connectivity index (χ4n) is 1.07. The van der Waals surface area contributed by atoms with Crippen molar-refractivity contribution < 1.29 is 39.9 Å². The molecule has 8 nitrogen and oxygen atoms in total. The summed E-state index contributed by atoms with van der Waals surface area (Å²) in [6.45, 7) is 0.319. The molecule has 5 N–H and O–H groups in total. The number of carbonyl (C=O) groups excluding carboxylic acids is 1. The molecule has 0 aromatic carbocycles. The molecule has 0 unspecified atom stereocenters. The van der Waals surface area contributed by atoms with Gasteiger partial charge in [0.15, 0.2) is 12.4 Å². The molecular weight excluding hydrogens is 236 g/mol. The minimum atomic E-state index is -1.85. The molecule has 0 saturated carbocycles. The molecule has 0 aliphatic heterocycles. The highest BCUT2D eigenvalue weighted by atomic mass is 16.5. The number of aliphatic hydroxyl groups excluding tert-OH is 4. The summed E-state index contributed by atoms with van der Waals surface area (Å²) in [5.41, 5.74) is 0. The van der Waals surface area contributed by atoms with Crippen LogP contribution in [-0.4, -0.2) is 74.9 Å². The molecule has 0 bridgehead atoms. The van der Waals surface area contributed by atoms with Crippen LogP contribution in [0.2, 0.25) is 0 Å². The number of hydrogen-bond acceptors (Lipinski definition) is 7. The van der Waals surface area contributed by atoms with E-state index < -0.39 is 43.1 Å². The van der Waals surface area contributed by atoms with Gasteiger partial charge in [-0.05, 0) is 6.92 Å². The summed E-state index contributed by atoms with van der Waals surface area (Å²) in [7, 11) is 0. The van der Waals surface area contributed by atoms with E-state index in [-0.39, 0.29) is 6.29 Å². The normalized spacial score (nSPS) is 20.1. The van der Waals surface area contributed by atoms with E-state index in [4.69, 9.17) is 20.1 Å². The van der Waals surface area contributed by atoms with Crippen molar-refractivity contribution in [1.82, 2.24) is 0 Å². The van der Waals surface area contributed by atoms with E-state index in [1.165, 1.54) is 0 Å². The SMILES string of the molecule is C[C@@H](O[C@@H]([C@H](O)[C@@H](O)C=O)[C@H](O)CO)C(=O)O. The molecular formula is C9H16O8. The Kier molecular flexibility index (Phi) is 6.85. The molecule has 0 aromatic heterocycles. The van der Waals surface area contributed by atoms with Gasteiger partial charge in [0.1, 0.15) is 24.4 Å². The molecule has 0 rings (SSSR count). The van der Waals surface area contributed by atoms with E-state index in [0.29, 0.717) is 0 Å². The van der Waals surface area contributed by atoms with Gasteiger partial charge in [-0.25, -0.2) is 4.79 Å². The minimum absolute atomic E-state index is 0.0105. The summed E-state index contributed by atoms with van der Waals surface area (Å²) in [4.78, 5) is 20.8. The molecule has 100 valence electrons. The Labute approximate surface area is 97.1 Å². The lowest BCUT2D eigenvalue weighted by molar-refractivity contribution is -0.179. The summed E-state index contributed by atoms with van der Waals surface area (Å²) in [6, 6.07) is 0. The van der Waals surface area contributed by atoms with E-state index in [1.54, 1.807) is 0 Å². The number of aliphatic carboxylic acids is 1. The van der Waals surface area contributed by atoms with Crippen LogP contribution in [0.25, 0.3) is 0 Å². The Hall–Kier alpha value is -1.06. The number of rotatable bonds is 8. The van der Waals surface area contributed by atoms with E-state index in [1.807, 2.05) is 0 Å². The number of carboxylic acid groups (broad SMARTS) is 1. The van der Waals surface area contributed by atoms with Crippen LogP contribution in [0.15, 0.2) is 0 Å². The van der Waals surface area contributed by atoms with Gasteiger partial charge in [-0.15, -0.1) is 0 Å². The molecule has 0 fully saturated rings. The molecule has 0 amide bonds. The van der Waals surface area contributed by atoms with Crippen LogP contribution < -0.4 is 0 Å². The second kappa shape index (κ2) is 7.30. The van der Waals surface area contributed by atoms with Gasteiger partial charge < -0.3 is 35.1 Å². The van der Waals surface area contributed by atoms with Crippen molar-refractivity contribution in [3.63, 3.8) is 0 Å². The first-order valence-corrected chi connectivity index (χ1v) is 4.83. The first-order chi connectivity index (χ1) is 7.84. The number of carboxylic acids is 1. The number of ether oxygens (including phenoxy) is 1. The van der Waals surface area contributed by atoms with Crippen LogP contribution in [-0.2, 0) is 14.3 Å². The van der Waals surface area contributed by atoms with Crippen LogP contribution in [0.1, 0.15) is 6.92 Å². The first-order valence-electron chi connectivity index (χ1n) is 4.83. The molecule has 0 aromatic rings. The Balaban J connectivity index is 4.75. The average Bonchev–Trinajstić information content (AvgIpc) is 2.32. The Morgan fingerprint density at radius 2 is 1.88 bits per heavy atom. The monoisotopic (exact) mass is 252 g/mol. The number of aldehydes is 1. The quantitative estimate of drug-likeness (QED) is 0.290. The van der Waals surface area contributed by atoms with Crippen molar-refractivity contribution in [1.29, 1.82) is 0 Å². The molecule has 0 aliphatic rings. The zero-order chi connectivity index (χ0) is 13.6. The highest BCUT2D eigenvalue weighted by Crippen LogP contribution is 2.11. The highest BCUT2D eigenvalue weighted by molar-refractivity contribution is 5.71. The third-order valence-corrected chi connectivity index (χ3v) is 2.10. The molecule has 0 saturated heterocycles. The van der Waals surface area contributed by atoms with Gasteiger partial charge in [0.05, 0.1) is 6.61 Å². The van der Waals surface area contributed by atoms with Gasteiger partial charge in [0.2, 0.25) is 0 Å². The van der Waals surface area contributed by atoms with Crippen molar-refractivity contribution in [3.8, 4) is 0 Å². The predicted octanol–water partition coefficient (Wildman–Crippen LogP) is -2.88. The lowest BCUT2D eigenvalue weighted by Crippen LogP contribution is -2.50. The summed E-state index contributed by atoms with van der Waals surface area (Å²) in [5.74, 6) is -1.35. The molecule has 5 atom stereocenters. The van der Waals surface area contributed by atoms with Crippen molar-refractivity contribution in [3.05, 3.63) is 0 Å². The molecule has 0 heterocycles. The molecule has 0 spiro atoms. The van der Waals surface area contributed by atoms with E-state index in [9.17, 15) is 19.8 Å². The van der Waals surface area contributed by atoms with Crippen molar-refractivity contribution >= 4 is 12.3 Å². The maximum atomic E-state index is 10.5. The molecule has 0 radical (unpaired) electrons. The largest absolute Gasteiger partial charge is 0.479 e. The van der Waals surface area contributed by atoms with Gasteiger partial charge in [-0.3, -0.25) is 0 Å². The fourth-order valence-corrected chi connectivity index (χ4v) is 1.07. The molecule has 8 heteroatoms. The van der Waals surface area contributed by atoms with Gasteiger partial charge in [-0.2, -0.15) is 0 Å². The van der Waals surface area contributed by atoms with E-state index >= 15 is 0 Å². The standard InChI is InChI=1S/C9H16O8/c1-4(9(15)16)17-8(6(13)3-11)7(14)5(12)2-10/h2,4-8,11-14H,3H2,1H3,(H,15,16)/t4-,5+,6-,7-,8-/m1/s1.